The zero-order chi connectivity index (χ0) is 8.60. The Hall–Kier alpha value is -0.890. The van der Waals surface area contributed by atoms with Gasteiger partial charge >= 0.3 is 0 Å². The summed E-state index contributed by atoms with van der Waals surface area (Å²) in [6, 6.07) is 4.04. The second-order valence-corrected chi connectivity index (χ2v) is 3.74. The van der Waals surface area contributed by atoms with E-state index in [1.54, 1.807) is 6.20 Å². The molecular formula is C10H13NO. The third-order valence-electron chi connectivity index (χ3n) is 2.95. The summed E-state index contributed by atoms with van der Waals surface area (Å²) < 4.78 is 0. The van der Waals surface area contributed by atoms with E-state index in [0.717, 1.165) is 6.42 Å². The molecule has 64 valence electrons. The van der Waals surface area contributed by atoms with Crippen molar-refractivity contribution in [3.05, 3.63) is 30.1 Å². The van der Waals surface area contributed by atoms with Gasteiger partial charge in [-0.25, -0.2) is 0 Å². The molecule has 0 spiro atoms. The Morgan fingerprint density at radius 3 is 3.08 bits per heavy atom. The number of aliphatic hydroxyl groups excluding tert-OH is 1. The summed E-state index contributed by atoms with van der Waals surface area (Å²) >= 11 is 0. The molecule has 1 saturated carbocycles. The Kier molecular flexibility index (Phi) is 1.65. The van der Waals surface area contributed by atoms with Crippen molar-refractivity contribution in [1.29, 1.82) is 0 Å². The third kappa shape index (κ3) is 1.03. The van der Waals surface area contributed by atoms with Gasteiger partial charge in [-0.15, -0.1) is 0 Å². The minimum Gasteiger partial charge on any atom is -0.396 e. The maximum atomic E-state index is 8.98. The van der Waals surface area contributed by atoms with E-state index in [4.69, 9.17) is 5.11 Å². The van der Waals surface area contributed by atoms with Gasteiger partial charge in [0.2, 0.25) is 0 Å². The molecule has 2 nitrogen and oxygen atoms in total. The van der Waals surface area contributed by atoms with Crippen LogP contribution in [0.15, 0.2) is 24.5 Å². The fourth-order valence-corrected chi connectivity index (χ4v) is 1.77. The second kappa shape index (κ2) is 2.56. The summed E-state index contributed by atoms with van der Waals surface area (Å²) in [4.78, 5) is 4.08. The fourth-order valence-electron chi connectivity index (χ4n) is 1.77. The van der Waals surface area contributed by atoms with E-state index in [2.05, 4.69) is 18.0 Å². The highest BCUT2D eigenvalue weighted by Gasteiger charge is 2.50. The Bertz CT molecular complexity index is 272. The van der Waals surface area contributed by atoms with Gasteiger partial charge in [-0.05, 0) is 29.4 Å². The standard InChI is InChI=1S/C10H13NO/c1-10(5-9(10)7-12)8-3-2-4-11-6-8/h2-4,6,9,12H,5,7H2,1H3. The topological polar surface area (TPSA) is 33.1 Å². The molecule has 2 unspecified atom stereocenters. The van der Waals surface area contributed by atoms with E-state index in [1.807, 2.05) is 12.3 Å². The summed E-state index contributed by atoms with van der Waals surface area (Å²) in [5, 5.41) is 8.98. The van der Waals surface area contributed by atoms with Crippen LogP contribution in [-0.2, 0) is 5.41 Å². The van der Waals surface area contributed by atoms with Crippen molar-refractivity contribution in [1.82, 2.24) is 4.98 Å². The Morgan fingerprint density at radius 1 is 1.75 bits per heavy atom. The summed E-state index contributed by atoms with van der Waals surface area (Å²) in [7, 11) is 0. The summed E-state index contributed by atoms with van der Waals surface area (Å²) in [6.07, 6.45) is 4.77. The molecule has 2 atom stereocenters. The van der Waals surface area contributed by atoms with E-state index >= 15 is 0 Å². The highest BCUT2D eigenvalue weighted by Crippen LogP contribution is 2.53. The number of aromatic nitrogens is 1. The zero-order valence-corrected chi connectivity index (χ0v) is 7.20. The quantitative estimate of drug-likeness (QED) is 0.714. The molecule has 12 heavy (non-hydrogen) atoms. The lowest BCUT2D eigenvalue weighted by atomic mass is 9.98. The van der Waals surface area contributed by atoms with Crippen LogP contribution < -0.4 is 0 Å². The lowest BCUT2D eigenvalue weighted by Gasteiger charge is -2.09. The van der Waals surface area contributed by atoms with E-state index in [1.165, 1.54) is 5.56 Å². The fraction of sp³-hybridized carbons (Fsp3) is 0.500. The molecule has 1 aliphatic carbocycles. The van der Waals surface area contributed by atoms with E-state index < -0.39 is 0 Å². The number of hydrogen-bond acceptors (Lipinski definition) is 2. The third-order valence-corrected chi connectivity index (χ3v) is 2.95. The number of rotatable bonds is 2. The van der Waals surface area contributed by atoms with Gasteiger partial charge in [-0.1, -0.05) is 13.0 Å². The molecule has 2 rings (SSSR count). The van der Waals surface area contributed by atoms with Crippen LogP contribution in [0.4, 0.5) is 0 Å². The van der Waals surface area contributed by atoms with Gasteiger partial charge in [0.15, 0.2) is 0 Å². The maximum absolute atomic E-state index is 8.98. The van der Waals surface area contributed by atoms with Crippen LogP contribution in [0.1, 0.15) is 18.9 Å². The Labute approximate surface area is 72.3 Å². The molecule has 1 fully saturated rings. The molecule has 2 heteroatoms. The van der Waals surface area contributed by atoms with Crippen molar-refractivity contribution in [2.45, 2.75) is 18.8 Å². The van der Waals surface area contributed by atoms with Crippen molar-refractivity contribution in [3.63, 3.8) is 0 Å². The average Bonchev–Trinajstić information content (AvgIpc) is 2.81. The Morgan fingerprint density at radius 2 is 2.58 bits per heavy atom. The van der Waals surface area contributed by atoms with Crippen molar-refractivity contribution in [2.24, 2.45) is 5.92 Å². The first kappa shape index (κ1) is 7.74. The van der Waals surface area contributed by atoms with Crippen molar-refractivity contribution < 1.29 is 5.11 Å². The van der Waals surface area contributed by atoms with Gasteiger partial charge in [0.25, 0.3) is 0 Å². The maximum Gasteiger partial charge on any atom is 0.0468 e. The SMILES string of the molecule is CC1(c2cccnc2)CC1CO. The zero-order valence-electron chi connectivity index (χ0n) is 7.20. The van der Waals surface area contributed by atoms with Crippen LogP contribution in [0.25, 0.3) is 0 Å². The van der Waals surface area contributed by atoms with Gasteiger partial charge in [0, 0.05) is 19.0 Å². The van der Waals surface area contributed by atoms with E-state index in [9.17, 15) is 0 Å². The molecule has 0 amide bonds. The molecule has 0 radical (unpaired) electrons. The first-order chi connectivity index (χ1) is 5.77. The van der Waals surface area contributed by atoms with Crippen molar-refractivity contribution in [3.8, 4) is 0 Å². The molecule has 0 saturated heterocycles. The van der Waals surface area contributed by atoms with Gasteiger partial charge in [-0.3, -0.25) is 4.98 Å². The van der Waals surface area contributed by atoms with Gasteiger partial charge in [-0.2, -0.15) is 0 Å². The smallest absolute Gasteiger partial charge is 0.0468 e. The normalized spacial score (nSPS) is 33.3. The molecule has 0 aromatic carbocycles. The number of aliphatic hydroxyl groups is 1. The molecular weight excluding hydrogens is 150 g/mol. The lowest BCUT2D eigenvalue weighted by molar-refractivity contribution is 0.265. The molecule has 1 aliphatic rings. The number of hydrogen-bond donors (Lipinski definition) is 1. The summed E-state index contributed by atoms with van der Waals surface area (Å²) in [6.45, 7) is 2.48. The second-order valence-electron chi connectivity index (χ2n) is 3.74. The van der Waals surface area contributed by atoms with Gasteiger partial charge < -0.3 is 5.11 Å². The monoisotopic (exact) mass is 163 g/mol. The van der Waals surface area contributed by atoms with Crippen LogP contribution in [-0.4, -0.2) is 16.7 Å². The van der Waals surface area contributed by atoms with E-state index in [-0.39, 0.29) is 5.41 Å². The van der Waals surface area contributed by atoms with Crippen LogP contribution in [0, 0.1) is 5.92 Å². The highest BCUT2D eigenvalue weighted by atomic mass is 16.3. The van der Waals surface area contributed by atoms with Gasteiger partial charge in [0.05, 0.1) is 0 Å². The highest BCUT2D eigenvalue weighted by molar-refractivity contribution is 5.29. The molecule has 1 N–H and O–H groups in total. The molecule has 1 aromatic rings. The molecule has 0 bridgehead atoms. The van der Waals surface area contributed by atoms with Crippen LogP contribution >= 0.6 is 0 Å². The summed E-state index contributed by atoms with van der Waals surface area (Å²) in [5.74, 6) is 0.446. The number of nitrogens with zero attached hydrogens (tertiary/aromatic N) is 1. The minimum absolute atomic E-state index is 0.197. The summed E-state index contributed by atoms with van der Waals surface area (Å²) in [5.41, 5.74) is 1.45. The first-order valence-corrected chi connectivity index (χ1v) is 4.29. The lowest BCUT2D eigenvalue weighted by Crippen LogP contribution is -2.06. The van der Waals surface area contributed by atoms with Crippen molar-refractivity contribution >= 4 is 0 Å². The molecule has 0 aliphatic heterocycles. The predicted octanol–water partition coefficient (Wildman–Crippen LogP) is 1.35. The first-order valence-electron chi connectivity index (χ1n) is 4.29. The Balaban J connectivity index is 2.23. The van der Waals surface area contributed by atoms with E-state index in [0.29, 0.717) is 12.5 Å². The number of pyridine rings is 1. The van der Waals surface area contributed by atoms with Crippen molar-refractivity contribution in [2.75, 3.05) is 6.61 Å². The molecule has 1 aromatic heterocycles. The van der Waals surface area contributed by atoms with Crippen LogP contribution in [0.5, 0.6) is 0 Å². The molecule has 1 heterocycles. The predicted molar refractivity (Wildman–Crippen MR) is 46.8 cm³/mol. The van der Waals surface area contributed by atoms with Crippen LogP contribution in [0.3, 0.4) is 0 Å². The largest absolute Gasteiger partial charge is 0.396 e. The average molecular weight is 163 g/mol. The van der Waals surface area contributed by atoms with Crippen LogP contribution in [0.2, 0.25) is 0 Å². The van der Waals surface area contributed by atoms with Gasteiger partial charge in [0.1, 0.15) is 0 Å². The minimum atomic E-state index is 0.197.